The minimum atomic E-state index is -0.985. The Kier molecular flexibility index (Phi) is 8.81. The summed E-state index contributed by atoms with van der Waals surface area (Å²) in [6, 6.07) is 26.6. The van der Waals surface area contributed by atoms with Crippen molar-refractivity contribution in [2.45, 2.75) is 70.8 Å². The molecule has 0 bridgehead atoms. The molecule has 6 rings (SSSR count). The van der Waals surface area contributed by atoms with Gasteiger partial charge in [0.05, 0.1) is 28.5 Å². The molecule has 4 aromatic heterocycles. The molecule has 0 unspecified atom stereocenters. The van der Waals surface area contributed by atoms with Crippen molar-refractivity contribution in [2.24, 2.45) is 5.41 Å². The van der Waals surface area contributed by atoms with Crippen LogP contribution in [0.2, 0.25) is 0 Å². The van der Waals surface area contributed by atoms with Crippen molar-refractivity contribution in [3.63, 3.8) is 0 Å². The highest BCUT2D eigenvalue weighted by Gasteiger charge is 2.33. The fourth-order valence-electron chi connectivity index (χ4n) is 5.51. The van der Waals surface area contributed by atoms with E-state index in [2.05, 4.69) is 66.7 Å². The second-order valence-corrected chi connectivity index (χ2v) is 15.5. The second-order valence-electron chi connectivity index (χ2n) is 13.7. The molecule has 8 heteroatoms. The SMILES string of the molecule is Cc1ccc(-c2ccc(Cn3c(CC(C)(C)C(=O)O)c(SC(C)(C)C)c4cc(OCc5ccc6ccccc6n5)cnc43)cc2)nc1. The number of aromatic nitrogens is 4. The number of carboxylic acids is 1. The average Bonchev–Trinajstić information content (AvgIpc) is 3.29. The number of carbonyl (C=O) groups is 1. The Morgan fingerprint density at radius 1 is 0.915 bits per heavy atom. The minimum absolute atomic E-state index is 0.129. The van der Waals surface area contributed by atoms with E-state index >= 15 is 0 Å². The Morgan fingerprint density at radius 3 is 2.38 bits per heavy atom. The Labute approximate surface area is 280 Å². The number of pyridine rings is 3. The zero-order valence-electron chi connectivity index (χ0n) is 27.7. The number of nitrogens with zero attached hydrogens (tertiary/aromatic N) is 4. The van der Waals surface area contributed by atoms with Crippen molar-refractivity contribution in [1.29, 1.82) is 0 Å². The molecule has 0 saturated heterocycles. The van der Waals surface area contributed by atoms with Gasteiger partial charge in [0, 0.05) is 50.8 Å². The molecule has 0 amide bonds. The molecular formula is C39H40N4O3S. The number of rotatable bonds is 10. The number of carboxylic acid groups (broad SMARTS) is 1. The average molecular weight is 645 g/mol. The van der Waals surface area contributed by atoms with Crippen molar-refractivity contribution < 1.29 is 14.6 Å². The number of aliphatic carboxylic acids is 1. The molecule has 0 aliphatic rings. The van der Waals surface area contributed by atoms with E-state index < -0.39 is 11.4 Å². The number of aryl methyl sites for hydroxylation is 1. The Bertz CT molecular complexity index is 2060. The topological polar surface area (TPSA) is 90.1 Å². The monoisotopic (exact) mass is 644 g/mol. The predicted molar refractivity (Wildman–Crippen MR) is 190 cm³/mol. The molecule has 0 spiro atoms. The van der Waals surface area contributed by atoms with Crippen molar-refractivity contribution in [2.75, 3.05) is 0 Å². The fourth-order valence-corrected chi connectivity index (χ4v) is 6.69. The summed E-state index contributed by atoms with van der Waals surface area (Å²) in [5, 5.41) is 12.2. The first kappa shape index (κ1) is 32.3. The van der Waals surface area contributed by atoms with Crippen LogP contribution >= 0.6 is 11.8 Å². The van der Waals surface area contributed by atoms with Gasteiger partial charge in [-0.25, -0.2) is 9.97 Å². The summed E-state index contributed by atoms with van der Waals surface area (Å²) in [4.78, 5) is 27.7. The molecule has 0 saturated carbocycles. The van der Waals surface area contributed by atoms with Gasteiger partial charge in [-0.3, -0.25) is 9.78 Å². The van der Waals surface area contributed by atoms with Crippen molar-refractivity contribution in [1.82, 2.24) is 19.5 Å². The number of thioether (sulfide) groups is 1. The number of hydrogen-bond donors (Lipinski definition) is 1. The Hall–Kier alpha value is -4.69. The molecule has 0 atom stereocenters. The molecule has 2 aromatic carbocycles. The predicted octanol–water partition coefficient (Wildman–Crippen LogP) is 9.13. The molecule has 1 N–H and O–H groups in total. The molecule has 0 fully saturated rings. The minimum Gasteiger partial charge on any atom is -0.486 e. The third kappa shape index (κ3) is 7.33. The van der Waals surface area contributed by atoms with Gasteiger partial charge in [-0.15, -0.1) is 11.8 Å². The van der Waals surface area contributed by atoms with Gasteiger partial charge < -0.3 is 14.4 Å². The van der Waals surface area contributed by atoms with Gasteiger partial charge in [0.1, 0.15) is 18.0 Å². The second kappa shape index (κ2) is 12.8. The van der Waals surface area contributed by atoms with Crippen LogP contribution < -0.4 is 4.74 Å². The molecule has 0 aliphatic carbocycles. The first-order valence-corrected chi connectivity index (χ1v) is 16.6. The standard InChI is InChI=1S/C39H40N4O3S/c1-25-11-18-32(40-21-25)28-14-12-26(13-15-28)23-43-34(20-39(5,6)37(44)45)35(47-38(2,3)4)31-19-30(22-41-36(31)43)46-24-29-17-16-27-9-7-8-10-33(27)42-29/h7-19,21-22H,20,23-24H2,1-6H3,(H,44,45). The van der Waals surface area contributed by atoms with Gasteiger partial charge >= 0.3 is 5.97 Å². The van der Waals surface area contributed by atoms with Crippen LogP contribution in [-0.4, -0.2) is 35.3 Å². The van der Waals surface area contributed by atoms with E-state index in [9.17, 15) is 9.90 Å². The van der Waals surface area contributed by atoms with Crippen molar-refractivity contribution in [3.8, 4) is 17.0 Å². The number of ether oxygens (including phenoxy) is 1. The molecule has 4 heterocycles. The maximum Gasteiger partial charge on any atom is 0.309 e. The largest absolute Gasteiger partial charge is 0.486 e. The number of para-hydroxylation sites is 1. The molecule has 47 heavy (non-hydrogen) atoms. The van der Waals surface area contributed by atoms with Crippen LogP contribution in [0, 0.1) is 12.3 Å². The molecule has 0 radical (unpaired) electrons. The van der Waals surface area contributed by atoms with Gasteiger partial charge in [0.25, 0.3) is 0 Å². The smallest absolute Gasteiger partial charge is 0.309 e. The van der Waals surface area contributed by atoms with E-state index in [-0.39, 0.29) is 4.75 Å². The van der Waals surface area contributed by atoms with Gasteiger partial charge in [0.15, 0.2) is 0 Å². The third-order valence-electron chi connectivity index (χ3n) is 8.07. The Balaban J connectivity index is 1.40. The van der Waals surface area contributed by atoms with Crippen LogP contribution in [0.15, 0.2) is 96.2 Å². The zero-order valence-corrected chi connectivity index (χ0v) is 28.6. The van der Waals surface area contributed by atoms with E-state index in [1.807, 2.05) is 55.6 Å². The summed E-state index contributed by atoms with van der Waals surface area (Å²) in [7, 11) is 0. The third-order valence-corrected chi connectivity index (χ3v) is 9.34. The van der Waals surface area contributed by atoms with Gasteiger partial charge in [-0.05, 0) is 56.2 Å². The van der Waals surface area contributed by atoms with E-state index in [1.54, 1.807) is 31.8 Å². The van der Waals surface area contributed by atoms with Crippen LogP contribution in [0.4, 0.5) is 0 Å². The lowest BCUT2D eigenvalue weighted by atomic mass is 9.88. The van der Waals surface area contributed by atoms with Crippen LogP contribution in [0.1, 0.15) is 57.1 Å². The lowest BCUT2D eigenvalue weighted by molar-refractivity contribution is -0.146. The molecule has 240 valence electrons. The molecule has 6 aromatic rings. The van der Waals surface area contributed by atoms with Crippen molar-refractivity contribution in [3.05, 3.63) is 114 Å². The summed E-state index contributed by atoms with van der Waals surface area (Å²) in [6.07, 6.45) is 3.98. The number of fused-ring (bicyclic) bond motifs is 2. The van der Waals surface area contributed by atoms with E-state index in [1.165, 1.54) is 0 Å². The quantitative estimate of drug-likeness (QED) is 0.149. The van der Waals surface area contributed by atoms with Crippen LogP contribution in [0.3, 0.4) is 0 Å². The van der Waals surface area contributed by atoms with E-state index in [0.717, 1.165) is 60.6 Å². The highest BCUT2D eigenvalue weighted by atomic mass is 32.2. The zero-order chi connectivity index (χ0) is 33.3. The van der Waals surface area contributed by atoms with Crippen LogP contribution in [-0.2, 0) is 24.4 Å². The molecule has 7 nitrogen and oxygen atoms in total. The summed E-state index contributed by atoms with van der Waals surface area (Å²) in [5.74, 6) is -0.199. The Morgan fingerprint density at radius 2 is 1.68 bits per heavy atom. The van der Waals surface area contributed by atoms with E-state index in [0.29, 0.717) is 25.3 Å². The first-order valence-electron chi connectivity index (χ1n) is 15.8. The van der Waals surface area contributed by atoms with Crippen LogP contribution in [0.5, 0.6) is 5.75 Å². The van der Waals surface area contributed by atoms with Gasteiger partial charge in [0.2, 0.25) is 0 Å². The van der Waals surface area contributed by atoms with Gasteiger partial charge in [-0.1, -0.05) is 75.4 Å². The summed E-state index contributed by atoms with van der Waals surface area (Å²) >= 11 is 1.74. The summed E-state index contributed by atoms with van der Waals surface area (Å²) in [5.41, 5.74) is 6.71. The highest BCUT2D eigenvalue weighted by molar-refractivity contribution is 8.00. The maximum absolute atomic E-state index is 12.4. The molecule has 0 aliphatic heterocycles. The van der Waals surface area contributed by atoms with E-state index in [4.69, 9.17) is 14.7 Å². The van der Waals surface area contributed by atoms with Crippen LogP contribution in [0.25, 0.3) is 33.2 Å². The number of hydrogen-bond acceptors (Lipinski definition) is 6. The highest BCUT2D eigenvalue weighted by Crippen LogP contribution is 2.43. The van der Waals surface area contributed by atoms with Gasteiger partial charge in [-0.2, -0.15) is 0 Å². The normalized spacial score (nSPS) is 12.1. The first-order chi connectivity index (χ1) is 22.4. The van der Waals surface area contributed by atoms with Crippen molar-refractivity contribution >= 4 is 39.7 Å². The maximum atomic E-state index is 12.4. The lowest BCUT2D eigenvalue weighted by Crippen LogP contribution is -2.28. The number of benzene rings is 2. The lowest BCUT2D eigenvalue weighted by Gasteiger charge is -2.24. The molecular weight excluding hydrogens is 605 g/mol. The fraction of sp³-hybridized carbons (Fsp3) is 0.282. The summed E-state index contributed by atoms with van der Waals surface area (Å²) in [6.45, 7) is 13.0. The summed E-state index contributed by atoms with van der Waals surface area (Å²) < 4.78 is 8.31.